The predicted molar refractivity (Wildman–Crippen MR) is 50.8 cm³/mol. The second-order valence-electron chi connectivity index (χ2n) is 5.71. The van der Waals surface area contributed by atoms with Gasteiger partial charge >= 0.3 is 0 Å². The Morgan fingerprint density at radius 2 is 1.33 bits per heavy atom. The van der Waals surface area contributed by atoms with Gasteiger partial charge in [0, 0.05) is 0 Å². The molecule has 4 aliphatic carbocycles. The number of rotatable bonds is 0. The van der Waals surface area contributed by atoms with E-state index < -0.39 is 0 Å². The molecule has 0 aliphatic heterocycles. The summed E-state index contributed by atoms with van der Waals surface area (Å²) >= 11 is 0. The average Bonchev–Trinajstić information content (AvgIpc) is 2.07. The molecule has 0 heterocycles. The minimum absolute atomic E-state index is 1.06. The molecule has 0 aromatic rings. The third-order valence-corrected chi connectivity index (χ3v) is 5.32. The first kappa shape index (κ1) is 7.41. The zero-order valence-corrected chi connectivity index (χ0v) is 8.29. The zero-order valence-electron chi connectivity index (χ0n) is 8.29. The largest absolute Gasteiger partial charge is 0.0620 e. The summed E-state index contributed by atoms with van der Waals surface area (Å²) in [5.74, 6) is 6.64. The van der Waals surface area contributed by atoms with Crippen LogP contribution >= 0.6 is 0 Å². The van der Waals surface area contributed by atoms with Gasteiger partial charge in [0.05, 0.1) is 0 Å². The SMILES string of the molecule is CC1C2CC3CC(C2)[C@@H](C)C1C3. The maximum atomic E-state index is 2.52. The lowest BCUT2D eigenvalue weighted by atomic mass is 9.49. The predicted octanol–water partition coefficient (Wildman–Crippen LogP) is 3.32. The first-order valence-corrected chi connectivity index (χ1v) is 5.75. The molecule has 4 fully saturated rings. The maximum Gasteiger partial charge on any atom is -0.0355 e. The van der Waals surface area contributed by atoms with E-state index in [0.717, 1.165) is 35.5 Å². The standard InChI is InChI=1S/C12H20/c1-7-10-3-9-4-11(6-10)8(2)12(7)5-9/h7-12H,3-6H2,1-2H3/t7-,8?,9?,10?,11?,12?/m1/s1. The Kier molecular flexibility index (Phi) is 1.40. The van der Waals surface area contributed by atoms with E-state index in [0.29, 0.717) is 0 Å². The summed E-state index contributed by atoms with van der Waals surface area (Å²) in [6, 6.07) is 0. The van der Waals surface area contributed by atoms with Crippen LogP contribution in [-0.4, -0.2) is 0 Å². The second kappa shape index (κ2) is 2.27. The lowest BCUT2D eigenvalue weighted by molar-refractivity contribution is -0.0713. The third kappa shape index (κ3) is 0.791. The van der Waals surface area contributed by atoms with Crippen molar-refractivity contribution in [2.75, 3.05) is 0 Å². The lowest BCUT2D eigenvalue weighted by Gasteiger charge is -2.57. The van der Waals surface area contributed by atoms with Gasteiger partial charge in [0.25, 0.3) is 0 Å². The minimum atomic E-state index is 1.06. The van der Waals surface area contributed by atoms with Crippen molar-refractivity contribution >= 4 is 0 Å². The van der Waals surface area contributed by atoms with Crippen LogP contribution < -0.4 is 0 Å². The zero-order chi connectivity index (χ0) is 8.29. The fourth-order valence-electron chi connectivity index (χ4n) is 4.58. The molecule has 0 nitrogen and oxygen atoms in total. The van der Waals surface area contributed by atoms with E-state index in [2.05, 4.69) is 13.8 Å². The van der Waals surface area contributed by atoms with Crippen LogP contribution in [0.4, 0.5) is 0 Å². The maximum absolute atomic E-state index is 2.52. The number of hydrogen-bond donors (Lipinski definition) is 0. The highest BCUT2D eigenvalue weighted by molar-refractivity contribution is 4.99. The molecule has 4 rings (SSSR count). The summed E-state index contributed by atoms with van der Waals surface area (Å²) < 4.78 is 0. The van der Waals surface area contributed by atoms with Crippen LogP contribution in [-0.2, 0) is 0 Å². The van der Waals surface area contributed by atoms with Crippen molar-refractivity contribution in [3.8, 4) is 0 Å². The molecule has 0 spiro atoms. The molecule has 0 aromatic heterocycles. The Labute approximate surface area is 75.7 Å². The van der Waals surface area contributed by atoms with E-state index in [1.165, 1.54) is 0 Å². The van der Waals surface area contributed by atoms with E-state index >= 15 is 0 Å². The lowest BCUT2D eigenvalue weighted by Crippen LogP contribution is -2.48. The van der Waals surface area contributed by atoms with Crippen LogP contribution in [0.25, 0.3) is 0 Å². The third-order valence-electron chi connectivity index (χ3n) is 5.32. The highest BCUT2D eigenvalue weighted by Gasteiger charge is 2.49. The first-order chi connectivity index (χ1) is 5.75. The van der Waals surface area contributed by atoms with Crippen molar-refractivity contribution in [2.45, 2.75) is 39.5 Å². The fourth-order valence-corrected chi connectivity index (χ4v) is 4.58. The van der Waals surface area contributed by atoms with Gasteiger partial charge in [-0.2, -0.15) is 0 Å². The monoisotopic (exact) mass is 164 g/mol. The molecular weight excluding hydrogens is 144 g/mol. The van der Waals surface area contributed by atoms with Crippen molar-refractivity contribution in [1.29, 1.82) is 0 Å². The van der Waals surface area contributed by atoms with Gasteiger partial charge in [-0.05, 0) is 61.2 Å². The van der Waals surface area contributed by atoms with Crippen molar-refractivity contribution in [1.82, 2.24) is 0 Å². The van der Waals surface area contributed by atoms with Crippen molar-refractivity contribution < 1.29 is 0 Å². The van der Waals surface area contributed by atoms with E-state index in [-0.39, 0.29) is 0 Å². The number of hydrogen-bond acceptors (Lipinski definition) is 0. The van der Waals surface area contributed by atoms with Gasteiger partial charge in [0.15, 0.2) is 0 Å². The van der Waals surface area contributed by atoms with Crippen LogP contribution in [0.3, 0.4) is 0 Å². The topological polar surface area (TPSA) is 0 Å². The Hall–Kier alpha value is 0. The highest BCUT2D eigenvalue weighted by Crippen LogP contribution is 2.58. The molecule has 68 valence electrons. The summed E-state index contributed by atoms with van der Waals surface area (Å²) in [4.78, 5) is 0. The Balaban J connectivity index is 1.93. The molecule has 12 heavy (non-hydrogen) atoms. The molecule has 5 unspecified atom stereocenters. The Bertz CT molecular complexity index is 178. The molecule has 0 saturated heterocycles. The summed E-state index contributed by atoms with van der Waals surface area (Å²) in [7, 11) is 0. The van der Waals surface area contributed by atoms with Crippen LogP contribution in [0.2, 0.25) is 0 Å². The van der Waals surface area contributed by atoms with Crippen molar-refractivity contribution in [2.24, 2.45) is 35.5 Å². The summed E-state index contributed by atoms with van der Waals surface area (Å²) in [6.07, 6.45) is 6.33. The normalized spacial score (nSPS) is 62.5. The smallest absolute Gasteiger partial charge is 0.0355 e. The molecule has 0 radical (unpaired) electrons. The van der Waals surface area contributed by atoms with Gasteiger partial charge < -0.3 is 0 Å². The van der Waals surface area contributed by atoms with Crippen molar-refractivity contribution in [3.63, 3.8) is 0 Å². The van der Waals surface area contributed by atoms with E-state index in [1.54, 1.807) is 25.7 Å². The molecule has 4 bridgehead atoms. The summed E-state index contributed by atoms with van der Waals surface area (Å²) in [5, 5.41) is 0. The summed E-state index contributed by atoms with van der Waals surface area (Å²) in [5.41, 5.74) is 0. The van der Waals surface area contributed by atoms with Gasteiger partial charge in [-0.25, -0.2) is 0 Å². The summed E-state index contributed by atoms with van der Waals surface area (Å²) in [6.45, 7) is 5.03. The molecule has 0 amide bonds. The average molecular weight is 164 g/mol. The molecule has 4 saturated carbocycles. The molecular formula is C12H20. The van der Waals surface area contributed by atoms with Crippen LogP contribution in [0, 0.1) is 35.5 Å². The quantitative estimate of drug-likeness (QED) is 0.515. The molecule has 0 aromatic carbocycles. The highest BCUT2D eigenvalue weighted by atomic mass is 14.5. The van der Waals surface area contributed by atoms with Crippen LogP contribution in [0.15, 0.2) is 0 Å². The van der Waals surface area contributed by atoms with Crippen molar-refractivity contribution in [3.05, 3.63) is 0 Å². The van der Waals surface area contributed by atoms with Crippen LogP contribution in [0.5, 0.6) is 0 Å². The molecule has 4 aliphatic rings. The first-order valence-electron chi connectivity index (χ1n) is 5.75. The Morgan fingerprint density at radius 3 is 1.92 bits per heavy atom. The van der Waals surface area contributed by atoms with E-state index in [4.69, 9.17) is 0 Å². The second-order valence-corrected chi connectivity index (χ2v) is 5.71. The molecule has 0 heteroatoms. The minimum Gasteiger partial charge on any atom is -0.0620 e. The molecule has 0 N–H and O–H groups in total. The van der Waals surface area contributed by atoms with Crippen LogP contribution in [0.1, 0.15) is 39.5 Å². The fraction of sp³-hybridized carbons (Fsp3) is 1.00. The molecule has 6 atom stereocenters. The van der Waals surface area contributed by atoms with Gasteiger partial charge in [0.2, 0.25) is 0 Å². The van der Waals surface area contributed by atoms with Gasteiger partial charge in [-0.1, -0.05) is 13.8 Å². The Morgan fingerprint density at radius 1 is 0.750 bits per heavy atom. The van der Waals surface area contributed by atoms with Gasteiger partial charge in [-0.15, -0.1) is 0 Å². The van der Waals surface area contributed by atoms with Gasteiger partial charge in [0.1, 0.15) is 0 Å². The van der Waals surface area contributed by atoms with Gasteiger partial charge in [-0.3, -0.25) is 0 Å². The van der Waals surface area contributed by atoms with E-state index in [9.17, 15) is 0 Å². The van der Waals surface area contributed by atoms with E-state index in [1.807, 2.05) is 0 Å².